The quantitative estimate of drug-likeness (QED) is 0.647. The minimum Gasteiger partial charge on any atom is -0.377 e. The summed E-state index contributed by atoms with van der Waals surface area (Å²) in [5.74, 6) is 0.0758. The van der Waals surface area contributed by atoms with Gasteiger partial charge in [0.1, 0.15) is 5.82 Å². The molecule has 9 heteroatoms. The van der Waals surface area contributed by atoms with Crippen LogP contribution in [-0.2, 0) is 16.1 Å². The number of nitrogens with one attached hydrogen (secondary N) is 2. The van der Waals surface area contributed by atoms with Gasteiger partial charge in [-0.05, 0) is 25.0 Å². The van der Waals surface area contributed by atoms with Crippen molar-refractivity contribution in [1.29, 1.82) is 0 Å². The number of H-pyrrole nitrogens is 1. The molecule has 1 fully saturated rings. The molecule has 1 aromatic carbocycles. The van der Waals surface area contributed by atoms with Crippen LogP contribution in [0.25, 0.3) is 10.9 Å². The molecular formula is C18H23N5O4. The molecule has 2 aromatic rings. The van der Waals surface area contributed by atoms with E-state index in [1.54, 1.807) is 18.2 Å². The predicted molar refractivity (Wildman–Crippen MR) is 99.0 cm³/mol. The van der Waals surface area contributed by atoms with Crippen molar-refractivity contribution in [3.05, 3.63) is 40.4 Å². The number of urea groups is 1. The number of para-hydroxylation sites is 1. The number of imide groups is 1. The summed E-state index contributed by atoms with van der Waals surface area (Å²) in [5, 5.41) is 2.59. The van der Waals surface area contributed by atoms with Gasteiger partial charge < -0.3 is 15.5 Å². The Labute approximate surface area is 155 Å². The Hall–Kier alpha value is -2.78. The van der Waals surface area contributed by atoms with E-state index in [2.05, 4.69) is 15.3 Å². The molecule has 0 spiro atoms. The smallest absolute Gasteiger partial charge is 0.318 e. The lowest BCUT2D eigenvalue weighted by molar-refractivity contribution is -0.120. The second kappa shape index (κ2) is 8.74. The Balaban J connectivity index is 1.72. The van der Waals surface area contributed by atoms with Gasteiger partial charge in [0.15, 0.2) is 0 Å². The molecule has 27 heavy (non-hydrogen) atoms. The lowest BCUT2D eigenvalue weighted by Crippen LogP contribution is -2.39. The molecule has 0 radical (unpaired) electrons. The number of aromatic amines is 1. The first-order valence-corrected chi connectivity index (χ1v) is 8.92. The van der Waals surface area contributed by atoms with Crippen molar-refractivity contribution in [3.63, 3.8) is 0 Å². The van der Waals surface area contributed by atoms with E-state index in [9.17, 15) is 14.4 Å². The molecule has 0 aliphatic carbocycles. The summed E-state index contributed by atoms with van der Waals surface area (Å²) in [6.07, 6.45) is 2.14. The van der Waals surface area contributed by atoms with Crippen LogP contribution in [0.15, 0.2) is 29.1 Å². The maximum absolute atomic E-state index is 12.3. The van der Waals surface area contributed by atoms with Crippen molar-refractivity contribution in [1.82, 2.24) is 20.2 Å². The summed E-state index contributed by atoms with van der Waals surface area (Å²) in [4.78, 5) is 44.1. The Bertz CT molecular complexity index is 875. The fourth-order valence-corrected chi connectivity index (χ4v) is 3.19. The minimum atomic E-state index is -0.869. The summed E-state index contributed by atoms with van der Waals surface area (Å²) < 4.78 is 5.68. The monoisotopic (exact) mass is 373 g/mol. The summed E-state index contributed by atoms with van der Waals surface area (Å²) in [7, 11) is 0. The lowest BCUT2D eigenvalue weighted by Gasteiger charge is -2.24. The van der Waals surface area contributed by atoms with Crippen LogP contribution in [0.4, 0.5) is 4.79 Å². The second-order valence-electron chi connectivity index (χ2n) is 6.56. The molecule has 3 amide bonds. The number of rotatable bonds is 7. The number of nitrogens with two attached hydrogens (primary N) is 1. The summed E-state index contributed by atoms with van der Waals surface area (Å²) in [5.41, 5.74) is 5.40. The van der Waals surface area contributed by atoms with E-state index < -0.39 is 11.9 Å². The van der Waals surface area contributed by atoms with Crippen LogP contribution >= 0.6 is 0 Å². The molecule has 1 saturated heterocycles. The van der Waals surface area contributed by atoms with Crippen molar-refractivity contribution in [3.8, 4) is 0 Å². The lowest BCUT2D eigenvalue weighted by atomic mass is 10.2. The number of hydrogen-bond acceptors (Lipinski definition) is 6. The Morgan fingerprint density at radius 1 is 1.37 bits per heavy atom. The molecule has 1 unspecified atom stereocenters. The highest BCUT2D eigenvalue weighted by atomic mass is 16.5. The SMILES string of the molecule is NC(=O)NC(=O)CCN(Cc1nc2ccccc2c(=O)[nH]1)CC1CCCO1. The number of hydrogen-bond donors (Lipinski definition) is 3. The molecule has 1 aliphatic rings. The van der Waals surface area contributed by atoms with Crippen molar-refractivity contribution in [2.24, 2.45) is 5.73 Å². The zero-order chi connectivity index (χ0) is 19.2. The fourth-order valence-electron chi connectivity index (χ4n) is 3.19. The largest absolute Gasteiger partial charge is 0.377 e. The topological polar surface area (TPSA) is 130 Å². The molecule has 0 bridgehead atoms. The summed E-state index contributed by atoms with van der Waals surface area (Å²) >= 11 is 0. The van der Waals surface area contributed by atoms with E-state index in [1.807, 2.05) is 11.0 Å². The highest BCUT2D eigenvalue weighted by Crippen LogP contribution is 2.15. The molecule has 144 valence electrons. The van der Waals surface area contributed by atoms with Crippen LogP contribution in [0, 0.1) is 0 Å². The third-order valence-corrected chi connectivity index (χ3v) is 4.44. The van der Waals surface area contributed by atoms with E-state index in [-0.39, 0.29) is 18.1 Å². The highest BCUT2D eigenvalue weighted by Gasteiger charge is 2.21. The first-order valence-electron chi connectivity index (χ1n) is 8.92. The first kappa shape index (κ1) is 19.0. The molecule has 1 aliphatic heterocycles. The normalized spacial score (nSPS) is 16.7. The number of aromatic nitrogens is 2. The van der Waals surface area contributed by atoms with Crippen LogP contribution in [0.5, 0.6) is 0 Å². The number of primary amides is 1. The standard InChI is InChI=1S/C18H23N5O4/c19-18(26)22-16(24)7-8-23(10-12-4-3-9-27-12)11-15-20-14-6-2-1-5-13(14)17(25)21-15/h1-2,5-6,12H,3-4,7-11H2,(H,20,21,25)(H3,19,22,24,26). The van der Waals surface area contributed by atoms with Gasteiger partial charge in [0.05, 0.1) is 23.6 Å². The van der Waals surface area contributed by atoms with Gasteiger partial charge in [-0.15, -0.1) is 0 Å². The van der Waals surface area contributed by atoms with Crippen LogP contribution in [0.3, 0.4) is 0 Å². The van der Waals surface area contributed by atoms with E-state index in [4.69, 9.17) is 10.5 Å². The number of carbonyl (C=O) groups is 2. The molecule has 1 atom stereocenters. The van der Waals surface area contributed by atoms with Crippen molar-refractivity contribution in [2.75, 3.05) is 19.7 Å². The van der Waals surface area contributed by atoms with Gasteiger partial charge in [-0.25, -0.2) is 9.78 Å². The highest BCUT2D eigenvalue weighted by molar-refractivity contribution is 5.93. The Morgan fingerprint density at radius 2 is 2.19 bits per heavy atom. The molecule has 1 aromatic heterocycles. The van der Waals surface area contributed by atoms with Gasteiger partial charge in [-0.2, -0.15) is 0 Å². The maximum Gasteiger partial charge on any atom is 0.318 e. The van der Waals surface area contributed by atoms with Crippen LogP contribution in [0.1, 0.15) is 25.1 Å². The van der Waals surface area contributed by atoms with Crippen LogP contribution in [0.2, 0.25) is 0 Å². The molecule has 4 N–H and O–H groups in total. The minimum absolute atomic E-state index is 0.0800. The van der Waals surface area contributed by atoms with Crippen molar-refractivity contribution < 1.29 is 14.3 Å². The number of fused-ring (bicyclic) bond motifs is 1. The number of carbonyl (C=O) groups excluding carboxylic acids is 2. The number of nitrogens with zero attached hydrogens (tertiary/aromatic N) is 2. The van der Waals surface area contributed by atoms with E-state index in [1.165, 1.54) is 0 Å². The zero-order valence-corrected chi connectivity index (χ0v) is 14.9. The number of benzene rings is 1. The summed E-state index contributed by atoms with van der Waals surface area (Å²) in [6.45, 7) is 2.09. The van der Waals surface area contributed by atoms with E-state index in [0.717, 1.165) is 19.4 Å². The Kier molecular flexibility index (Phi) is 6.15. The third kappa shape index (κ3) is 5.35. The molecule has 2 heterocycles. The molecule has 0 saturated carbocycles. The van der Waals surface area contributed by atoms with E-state index in [0.29, 0.717) is 36.4 Å². The fraction of sp³-hybridized carbons (Fsp3) is 0.444. The first-order chi connectivity index (χ1) is 13.0. The maximum atomic E-state index is 12.3. The molecule has 3 rings (SSSR count). The third-order valence-electron chi connectivity index (χ3n) is 4.44. The van der Waals surface area contributed by atoms with E-state index >= 15 is 0 Å². The number of ether oxygens (including phenoxy) is 1. The second-order valence-corrected chi connectivity index (χ2v) is 6.56. The average molecular weight is 373 g/mol. The van der Waals surface area contributed by atoms with Crippen LogP contribution in [-0.4, -0.2) is 52.6 Å². The van der Waals surface area contributed by atoms with Crippen molar-refractivity contribution >= 4 is 22.8 Å². The van der Waals surface area contributed by atoms with Gasteiger partial charge >= 0.3 is 6.03 Å². The summed E-state index contributed by atoms with van der Waals surface area (Å²) in [6, 6.07) is 6.27. The molecule has 9 nitrogen and oxygen atoms in total. The zero-order valence-electron chi connectivity index (χ0n) is 14.9. The van der Waals surface area contributed by atoms with Gasteiger partial charge in [0.2, 0.25) is 5.91 Å². The van der Waals surface area contributed by atoms with Gasteiger partial charge in [-0.1, -0.05) is 12.1 Å². The van der Waals surface area contributed by atoms with Crippen molar-refractivity contribution in [2.45, 2.75) is 31.9 Å². The predicted octanol–water partition coefficient (Wildman–Crippen LogP) is 0.489. The average Bonchev–Trinajstić information content (AvgIpc) is 3.12. The number of amides is 3. The van der Waals surface area contributed by atoms with Gasteiger partial charge in [-0.3, -0.25) is 19.8 Å². The Morgan fingerprint density at radius 3 is 2.93 bits per heavy atom. The van der Waals surface area contributed by atoms with Crippen LogP contribution < -0.4 is 16.6 Å². The van der Waals surface area contributed by atoms with Gasteiger partial charge in [0.25, 0.3) is 5.56 Å². The molecular weight excluding hydrogens is 350 g/mol. The van der Waals surface area contributed by atoms with Gasteiger partial charge in [0, 0.05) is 26.1 Å².